The highest BCUT2D eigenvalue weighted by Crippen LogP contribution is 2.09. The van der Waals surface area contributed by atoms with Gasteiger partial charge in [-0.05, 0) is 38.1 Å². The maximum Gasteiger partial charge on any atom is 0.348 e. The van der Waals surface area contributed by atoms with Crippen LogP contribution in [-0.2, 0) is 14.3 Å². The summed E-state index contributed by atoms with van der Waals surface area (Å²) in [6, 6.07) is 13.1. The predicted octanol–water partition coefficient (Wildman–Crippen LogP) is 2.77. The second kappa shape index (κ2) is 8.10. The Kier molecular flexibility index (Phi) is 5.89. The third-order valence-corrected chi connectivity index (χ3v) is 3.47. The number of carbonyl (C=O) groups is 3. The van der Waals surface area contributed by atoms with Gasteiger partial charge >= 0.3 is 17.9 Å². The first-order valence-corrected chi connectivity index (χ1v) is 7.61. The minimum Gasteiger partial charge on any atom is -0.478 e. The molecule has 1 atom stereocenters. The largest absolute Gasteiger partial charge is 0.478 e. The molecule has 6 heteroatoms. The van der Waals surface area contributed by atoms with Gasteiger partial charge in [-0.2, -0.15) is 0 Å². The Labute approximate surface area is 145 Å². The second-order valence-corrected chi connectivity index (χ2v) is 5.56. The highest BCUT2D eigenvalue weighted by atomic mass is 16.6. The fourth-order valence-electron chi connectivity index (χ4n) is 1.97. The molecule has 0 fully saturated rings. The highest BCUT2D eigenvalue weighted by Gasteiger charge is 2.25. The molecule has 0 aromatic heterocycles. The minimum atomic E-state index is -1.58. The van der Waals surface area contributed by atoms with Crippen molar-refractivity contribution in [2.24, 2.45) is 0 Å². The van der Waals surface area contributed by atoms with E-state index in [9.17, 15) is 14.4 Å². The van der Waals surface area contributed by atoms with Crippen LogP contribution < -0.4 is 0 Å². The molecule has 0 aliphatic carbocycles. The molecule has 25 heavy (non-hydrogen) atoms. The van der Waals surface area contributed by atoms with Crippen molar-refractivity contribution in [1.82, 2.24) is 0 Å². The average molecular weight is 342 g/mol. The summed E-state index contributed by atoms with van der Waals surface area (Å²) in [6.45, 7) is 3.17. The van der Waals surface area contributed by atoms with Crippen molar-refractivity contribution < 1.29 is 29.0 Å². The lowest BCUT2D eigenvalue weighted by atomic mass is 10.1. The number of hydrogen-bond acceptors (Lipinski definition) is 5. The van der Waals surface area contributed by atoms with Gasteiger partial charge in [0.25, 0.3) is 0 Å². The molecule has 2 rings (SSSR count). The molecule has 0 heterocycles. The van der Waals surface area contributed by atoms with Crippen molar-refractivity contribution in [3.63, 3.8) is 0 Å². The van der Waals surface area contributed by atoms with Crippen molar-refractivity contribution in [3.05, 3.63) is 70.8 Å². The zero-order chi connectivity index (χ0) is 18.4. The van der Waals surface area contributed by atoms with Crippen LogP contribution in [0.5, 0.6) is 0 Å². The molecule has 6 nitrogen and oxygen atoms in total. The normalized spacial score (nSPS) is 11.4. The van der Waals surface area contributed by atoms with Crippen LogP contribution in [0.3, 0.4) is 0 Å². The summed E-state index contributed by atoms with van der Waals surface area (Å²) >= 11 is 0. The molecule has 0 unspecified atom stereocenters. The van der Waals surface area contributed by atoms with E-state index in [1.807, 2.05) is 13.8 Å². The monoisotopic (exact) mass is 342 g/mol. The molecule has 0 saturated carbocycles. The average Bonchev–Trinajstić information content (AvgIpc) is 2.59. The van der Waals surface area contributed by atoms with Crippen molar-refractivity contribution in [2.45, 2.75) is 20.0 Å². The molecule has 0 bridgehead atoms. The number of carboxylic acids is 1. The summed E-state index contributed by atoms with van der Waals surface area (Å²) in [5.74, 6) is -2.87. The smallest absolute Gasteiger partial charge is 0.348 e. The van der Waals surface area contributed by atoms with Crippen molar-refractivity contribution in [3.8, 4) is 0 Å². The van der Waals surface area contributed by atoms with Gasteiger partial charge in [0.1, 0.15) is 6.61 Å². The fourth-order valence-corrected chi connectivity index (χ4v) is 1.97. The van der Waals surface area contributed by atoms with Gasteiger partial charge in [0.2, 0.25) is 6.10 Å². The van der Waals surface area contributed by atoms with E-state index < -0.39 is 30.6 Å². The summed E-state index contributed by atoms with van der Waals surface area (Å²) in [7, 11) is 0. The zero-order valence-corrected chi connectivity index (χ0v) is 13.9. The Balaban J connectivity index is 1.97. The third kappa shape index (κ3) is 5.17. The molecule has 2 aromatic carbocycles. The first-order valence-electron chi connectivity index (χ1n) is 7.61. The highest BCUT2D eigenvalue weighted by molar-refractivity contribution is 5.92. The molecule has 0 amide bonds. The molecule has 130 valence electrons. The van der Waals surface area contributed by atoms with Crippen LogP contribution in [0.2, 0.25) is 0 Å². The van der Waals surface area contributed by atoms with Crippen molar-refractivity contribution in [1.29, 1.82) is 0 Å². The van der Waals surface area contributed by atoms with Crippen LogP contribution in [0.25, 0.3) is 0 Å². The number of aryl methyl sites for hydroxylation is 2. The van der Waals surface area contributed by atoms with Crippen LogP contribution in [0.4, 0.5) is 0 Å². The minimum absolute atomic E-state index is 0.224. The molecule has 0 saturated heterocycles. The van der Waals surface area contributed by atoms with E-state index in [2.05, 4.69) is 0 Å². The zero-order valence-electron chi connectivity index (χ0n) is 13.9. The number of aliphatic carboxylic acids is 1. The lowest BCUT2D eigenvalue weighted by molar-refractivity contribution is -0.149. The standard InChI is InChI=1S/C19H18O6/c1-12-3-7-14(8-4-12)18(22)24-11-16(17(20)21)25-19(23)15-9-5-13(2)6-10-15/h3-10,16H,11H2,1-2H3,(H,20,21)/t16-/m0/s1. The van der Waals surface area contributed by atoms with Gasteiger partial charge in [-0.25, -0.2) is 14.4 Å². The van der Waals surface area contributed by atoms with E-state index in [1.54, 1.807) is 36.4 Å². The van der Waals surface area contributed by atoms with Gasteiger partial charge in [-0.3, -0.25) is 0 Å². The number of ether oxygens (including phenoxy) is 2. The molecular weight excluding hydrogens is 324 g/mol. The van der Waals surface area contributed by atoms with Crippen LogP contribution in [-0.4, -0.2) is 35.7 Å². The molecule has 0 aliphatic rings. The summed E-state index contributed by atoms with van der Waals surface area (Å²) < 4.78 is 9.88. The van der Waals surface area contributed by atoms with E-state index in [1.165, 1.54) is 12.1 Å². The molecule has 0 spiro atoms. The summed E-state index contributed by atoms with van der Waals surface area (Å²) in [6.07, 6.45) is -1.58. The summed E-state index contributed by atoms with van der Waals surface area (Å²) in [5, 5.41) is 9.16. The van der Waals surface area contributed by atoms with E-state index >= 15 is 0 Å². The molecule has 2 aromatic rings. The number of carbonyl (C=O) groups excluding carboxylic acids is 2. The number of rotatable bonds is 6. The summed E-state index contributed by atoms with van der Waals surface area (Å²) in [5.41, 5.74) is 2.45. The summed E-state index contributed by atoms with van der Waals surface area (Å²) in [4.78, 5) is 35.2. The van der Waals surface area contributed by atoms with E-state index in [-0.39, 0.29) is 5.56 Å². The quantitative estimate of drug-likeness (QED) is 0.812. The number of benzene rings is 2. The van der Waals surface area contributed by atoms with Crippen LogP contribution in [0.1, 0.15) is 31.8 Å². The van der Waals surface area contributed by atoms with E-state index in [4.69, 9.17) is 14.6 Å². The number of hydrogen-bond donors (Lipinski definition) is 1. The second-order valence-electron chi connectivity index (χ2n) is 5.56. The van der Waals surface area contributed by atoms with Crippen LogP contribution in [0.15, 0.2) is 48.5 Å². The van der Waals surface area contributed by atoms with Crippen LogP contribution in [0, 0.1) is 13.8 Å². The lowest BCUT2D eigenvalue weighted by Gasteiger charge is -2.14. The maximum absolute atomic E-state index is 12.0. The Morgan fingerprint density at radius 1 is 0.840 bits per heavy atom. The number of carboxylic acid groups (broad SMARTS) is 1. The molecule has 0 aliphatic heterocycles. The Hall–Kier alpha value is -3.15. The van der Waals surface area contributed by atoms with Gasteiger partial charge in [-0.15, -0.1) is 0 Å². The Bertz CT molecular complexity index is 762. The molecular formula is C19H18O6. The van der Waals surface area contributed by atoms with Gasteiger partial charge < -0.3 is 14.6 Å². The van der Waals surface area contributed by atoms with Gasteiger partial charge in [0, 0.05) is 0 Å². The maximum atomic E-state index is 12.0. The van der Waals surface area contributed by atoms with Crippen molar-refractivity contribution in [2.75, 3.05) is 6.61 Å². The van der Waals surface area contributed by atoms with E-state index in [0.717, 1.165) is 11.1 Å². The van der Waals surface area contributed by atoms with Crippen LogP contribution >= 0.6 is 0 Å². The number of esters is 2. The topological polar surface area (TPSA) is 89.9 Å². The Morgan fingerprint density at radius 2 is 1.28 bits per heavy atom. The van der Waals surface area contributed by atoms with Gasteiger partial charge in [0.15, 0.2) is 0 Å². The molecule has 1 N–H and O–H groups in total. The lowest BCUT2D eigenvalue weighted by Crippen LogP contribution is -2.32. The predicted molar refractivity (Wildman–Crippen MR) is 89.5 cm³/mol. The Morgan fingerprint density at radius 3 is 1.72 bits per heavy atom. The molecule has 0 radical (unpaired) electrons. The SMILES string of the molecule is Cc1ccc(C(=O)OC[C@H](OC(=O)c2ccc(C)cc2)C(=O)O)cc1. The first kappa shape index (κ1) is 18.2. The van der Waals surface area contributed by atoms with Gasteiger partial charge in [0.05, 0.1) is 11.1 Å². The van der Waals surface area contributed by atoms with Crippen molar-refractivity contribution >= 4 is 17.9 Å². The van der Waals surface area contributed by atoms with Gasteiger partial charge in [-0.1, -0.05) is 35.4 Å². The van der Waals surface area contributed by atoms with E-state index in [0.29, 0.717) is 5.56 Å². The first-order chi connectivity index (χ1) is 11.9. The third-order valence-electron chi connectivity index (χ3n) is 3.47. The fraction of sp³-hybridized carbons (Fsp3) is 0.211.